The summed E-state index contributed by atoms with van der Waals surface area (Å²) < 4.78 is 16.8. The summed E-state index contributed by atoms with van der Waals surface area (Å²) in [7, 11) is 0. The molecule has 0 amide bonds. The standard InChI is InChI=1S/C67H112O6/c1-4-7-10-13-16-18-20-22-24-25-26-27-28-29-30-31-32-33-34-35-36-37-38-39-40-41-43-44-46-48-51-54-57-60-66(69)72-63-64(62-71-65(68)59-56-53-50-15-12-9-6-3)73-67(70)61-58-55-52-49-47-45-42-23-21-19-17-14-11-8-5-2/h7-8,10-11,16-19,22-24,26-27,29-30,32-33,42,64H,4-6,9,12-15,20-21,25,28,31,34-41,43-63H2,1-3H3/b10-7-,11-8-,18-16-,19-17-,24-22-,27-26-,30-29-,33-32-,42-23-. The van der Waals surface area contributed by atoms with Crippen molar-refractivity contribution in [2.75, 3.05) is 13.2 Å². The van der Waals surface area contributed by atoms with Crippen LogP contribution in [-0.4, -0.2) is 37.2 Å². The second-order valence-corrected chi connectivity index (χ2v) is 19.9. The van der Waals surface area contributed by atoms with Crippen LogP contribution >= 0.6 is 0 Å². The fourth-order valence-electron chi connectivity index (χ4n) is 8.28. The third kappa shape index (κ3) is 58.8. The number of rotatable bonds is 54. The molecule has 1 unspecified atom stereocenters. The highest BCUT2D eigenvalue weighted by molar-refractivity contribution is 5.71. The molecule has 0 aliphatic rings. The van der Waals surface area contributed by atoms with Gasteiger partial charge in [0.15, 0.2) is 6.10 Å². The second-order valence-electron chi connectivity index (χ2n) is 19.9. The number of unbranched alkanes of at least 4 members (excludes halogenated alkanes) is 25. The molecule has 0 saturated carbocycles. The molecular formula is C67H112O6. The van der Waals surface area contributed by atoms with Crippen molar-refractivity contribution < 1.29 is 28.6 Å². The zero-order valence-corrected chi connectivity index (χ0v) is 47.6. The third-order valence-electron chi connectivity index (χ3n) is 12.8. The minimum absolute atomic E-state index is 0.0834. The van der Waals surface area contributed by atoms with Gasteiger partial charge in [-0.1, -0.05) is 265 Å². The van der Waals surface area contributed by atoms with Crippen molar-refractivity contribution in [2.24, 2.45) is 0 Å². The summed E-state index contributed by atoms with van der Waals surface area (Å²) in [5.41, 5.74) is 0. The van der Waals surface area contributed by atoms with E-state index >= 15 is 0 Å². The first kappa shape index (κ1) is 69.1. The Kier molecular flexibility index (Phi) is 57.4. The SMILES string of the molecule is CC/C=C\C/C=C\C/C=C\C/C=C\C/C=C\C/C=C\CCCCCCCCCCCCCCCCC(=O)OCC(COC(=O)CCCCCCCCC)OC(=O)CCCCCCC/C=C\C/C=C\C/C=C\CC. The van der Waals surface area contributed by atoms with Crippen LogP contribution in [0.2, 0.25) is 0 Å². The van der Waals surface area contributed by atoms with E-state index < -0.39 is 6.10 Å². The van der Waals surface area contributed by atoms with Crippen molar-refractivity contribution in [1.29, 1.82) is 0 Å². The number of hydrogen-bond acceptors (Lipinski definition) is 6. The number of carbonyl (C=O) groups is 3. The van der Waals surface area contributed by atoms with Gasteiger partial charge in [0.2, 0.25) is 0 Å². The Morgan fingerprint density at radius 2 is 0.534 bits per heavy atom. The van der Waals surface area contributed by atoms with Crippen molar-refractivity contribution >= 4 is 17.9 Å². The van der Waals surface area contributed by atoms with E-state index in [1.54, 1.807) is 0 Å². The Morgan fingerprint density at radius 1 is 0.288 bits per heavy atom. The number of ether oxygens (including phenoxy) is 3. The van der Waals surface area contributed by atoms with Crippen LogP contribution in [0.25, 0.3) is 0 Å². The maximum Gasteiger partial charge on any atom is 0.306 e. The van der Waals surface area contributed by atoms with Crippen molar-refractivity contribution in [1.82, 2.24) is 0 Å². The molecule has 0 heterocycles. The van der Waals surface area contributed by atoms with Crippen LogP contribution in [0.1, 0.15) is 278 Å². The minimum Gasteiger partial charge on any atom is -0.462 e. The molecule has 6 heteroatoms. The monoisotopic (exact) mass is 1010 g/mol. The van der Waals surface area contributed by atoms with E-state index in [1.165, 1.54) is 103 Å². The molecular weight excluding hydrogens is 901 g/mol. The van der Waals surface area contributed by atoms with Crippen molar-refractivity contribution in [3.05, 3.63) is 109 Å². The lowest BCUT2D eigenvalue weighted by Crippen LogP contribution is -2.30. The van der Waals surface area contributed by atoms with Gasteiger partial charge in [0.05, 0.1) is 0 Å². The molecule has 0 aromatic carbocycles. The van der Waals surface area contributed by atoms with Gasteiger partial charge in [-0.15, -0.1) is 0 Å². The lowest BCUT2D eigenvalue weighted by molar-refractivity contribution is -0.167. The zero-order chi connectivity index (χ0) is 52.9. The first-order chi connectivity index (χ1) is 36.0. The van der Waals surface area contributed by atoms with Crippen LogP contribution in [0.4, 0.5) is 0 Å². The van der Waals surface area contributed by atoms with E-state index in [0.717, 1.165) is 135 Å². The van der Waals surface area contributed by atoms with E-state index in [-0.39, 0.29) is 31.1 Å². The van der Waals surface area contributed by atoms with Crippen molar-refractivity contribution in [3.63, 3.8) is 0 Å². The topological polar surface area (TPSA) is 78.9 Å². The molecule has 1 atom stereocenters. The average molecular weight is 1010 g/mol. The molecule has 0 aromatic rings. The highest BCUT2D eigenvalue weighted by Gasteiger charge is 2.19. The van der Waals surface area contributed by atoms with Gasteiger partial charge in [-0.3, -0.25) is 14.4 Å². The molecule has 0 aliphatic carbocycles. The number of carbonyl (C=O) groups excluding carboxylic acids is 3. The number of hydrogen-bond donors (Lipinski definition) is 0. The van der Waals surface area contributed by atoms with E-state index in [4.69, 9.17) is 14.2 Å². The molecule has 0 fully saturated rings. The van der Waals surface area contributed by atoms with Gasteiger partial charge in [-0.25, -0.2) is 0 Å². The lowest BCUT2D eigenvalue weighted by atomic mass is 10.0. The van der Waals surface area contributed by atoms with E-state index in [2.05, 4.69) is 130 Å². The fourth-order valence-corrected chi connectivity index (χ4v) is 8.28. The Bertz CT molecular complexity index is 1490. The maximum atomic E-state index is 12.8. The highest BCUT2D eigenvalue weighted by atomic mass is 16.6. The molecule has 6 nitrogen and oxygen atoms in total. The van der Waals surface area contributed by atoms with Gasteiger partial charge in [0.1, 0.15) is 13.2 Å². The molecule has 73 heavy (non-hydrogen) atoms. The third-order valence-corrected chi connectivity index (χ3v) is 12.8. The minimum atomic E-state index is -0.784. The predicted molar refractivity (Wildman–Crippen MR) is 316 cm³/mol. The summed E-state index contributed by atoms with van der Waals surface area (Å²) in [6.45, 7) is 6.36. The fraction of sp³-hybridized carbons (Fsp3) is 0.687. The Hall–Kier alpha value is -3.93. The Balaban J connectivity index is 4.06. The quantitative estimate of drug-likeness (QED) is 0.0261. The van der Waals surface area contributed by atoms with Gasteiger partial charge in [0.25, 0.3) is 0 Å². The van der Waals surface area contributed by atoms with Gasteiger partial charge >= 0.3 is 17.9 Å². The smallest absolute Gasteiger partial charge is 0.306 e. The molecule has 0 aromatic heterocycles. The first-order valence-electron chi connectivity index (χ1n) is 30.4. The highest BCUT2D eigenvalue weighted by Crippen LogP contribution is 2.16. The van der Waals surface area contributed by atoms with Crippen LogP contribution < -0.4 is 0 Å². The van der Waals surface area contributed by atoms with Gasteiger partial charge < -0.3 is 14.2 Å². The van der Waals surface area contributed by atoms with Crippen LogP contribution in [-0.2, 0) is 28.6 Å². The Labute approximate surface area is 450 Å². The normalized spacial score (nSPS) is 12.9. The summed E-state index contributed by atoms with van der Waals surface area (Å²) in [5.74, 6) is -0.905. The summed E-state index contributed by atoms with van der Waals surface area (Å²) in [6.07, 6.45) is 82.7. The molecule has 0 aliphatic heterocycles. The molecule has 0 saturated heterocycles. The molecule has 416 valence electrons. The summed E-state index contributed by atoms with van der Waals surface area (Å²) >= 11 is 0. The molecule has 0 rings (SSSR count). The average Bonchev–Trinajstić information content (AvgIpc) is 3.39. The first-order valence-corrected chi connectivity index (χ1v) is 30.4. The number of esters is 3. The summed E-state index contributed by atoms with van der Waals surface area (Å²) in [6, 6.07) is 0. The van der Waals surface area contributed by atoms with Gasteiger partial charge in [-0.05, 0) is 103 Å². The molecule has 0 radical (unpaired) electrons. The van der Waals surface area contributed by atoms with Gasteiger partial charge in [0, 0.05) is 19.3 Å². The predicted octanol–water partition coefficient (Wildman–Crippen LogP) is 20.7. The molecule has 0 N–H and O–H groups in total. The van der Waals surface area contributed by atoms with Crippen LogP contribution in [0, 0.1) is 0 Å². The lowest BCUT2D eigenvalue weighted by Gasteiger charge is -2.18. The van der Waals surface area contributed by atoms with Crippen LogP contribution in [0.15, 0.2) is 109 Å². The number of allylic oxidation sites excluding steroid dienone is 18. The molecule has 0 spiro atoms. The van der Waals surface area contributed by atoms with Crippen molar-refractivity contribution in [3.8, 4) is 0 Å². The Morgan fingerprint density at radius 3 is 0.836 bits per heavy atom. The summed E-state index contributed by atoms with van der Waals surface area (Å²) in [5, 5.41) is 0. The van der Waals surface area contributed by atoms with E-state index in [1.807, 2.05) is 0 Å². The largest absolute Gasteiger partial charge is 0.462 e. The maximum absolute atomic E-state index is 12.8. The summed E-state index contributed by atoms with van der Waals surface area (Å²) in [4.78, 5) is 38.0. The van der Waals surface area contributed by atoms with E-state index in [0.29, 0.717) is 19.3 Å². The van der Waals surface area contributed by atoms with Crippen LogP contribution in [0.5, 0.6) is 0 Å². The zero-order valence-electron chi connectivity index (χ0n) is 47.6. The van der Waals surface area contributed by atoms with Crippen LogP contribution in [0.3, 0.4) is 0 Å². The second kappa shape index (κ2) is 60.6. The van der Waals surface area contributed by atoms with Gasteiger partial charge in [-0.2, -0.15) is 0 Å². The van der Waals surface area contributed by atoms with E-state index in [9.17, 15) is 14.4 Å². The molecule has 0 bridgehead atoms. The van der Waals surface area contributed by atoms with Crippen molar-refractivity contribution in [2.45, 2.75) is 284 Å².